The first-order valence-electron chi connectivity index (χ1n) is 15.9. The highest BCUT2D eigenvalue weighted by atomic mass is 16.5. The van der Waals surface area contributed by atoms with Crippen LogP contribution in [0.5, 0.6) is 5.75 Å². The third kappa shape index (κ3) is 7.19. The highest BCUT2D eigenvalue weighted by Gasteiger charge is 2.29. The van der Waals surface area contributed by atoms with Gasteiger partial charge in [-0.1, -0.05) is 91.0 Å². The molecule has 3 aromatic carbocycles. The summed E-state index contributed by atoms with van der Waals surface area (Å²) in [6.07, 6.45) is 5.66. The summed E-state index contributed by atoms with van der Waals surface area (Å²) in [5.74, 6) is 2.50. The Balaban J connectivity index is 1.43. The van der Waals surface area contributed by atoms with E-state index < -0.39 is 0 Å². The van der Waals surface area contributed by atoms with Gasteiger partial charge >= 0.3 is 0 Å². The lowest BCUT2D eigenvalue weighted by Gasteiger charge is -2.30. The van der Waals surface area contributed by atoms with E-state index in [1.165, 1.54) is 16.7 Å². The second-order valence-electron chi connectivity index (χ2n) is 11.4. The normalized spacial score (nSPS) is 16.0. The minimum Gasteiger partial charge on any atom is -0.494 e. The minimum absolute atomic E-state index is 0.0140. The van der Waals surface area contributed by atoms with Gasteiger partial charge < -0.3 is 14.1 Å². The standard InChI is InChI=1S/C36H42N6O2/c1-3-33-35-37-32(23-28-15-7-5-8-16-28)36(44-35)41(24-29-17-9-6-10-18-29)26-31-27-42(39-38-31)22-14-13-21-40(33)25-30-19-11-12-20-34(30)43-4-2/h5-12,15-20,27,33H,3-4,13-14,21-26H2,1-2H3. The van der Waals surface area contributed by atoms with Crippen LogP contribution in [0.2, 0.25) is 0 Å². The highest BCUT2D eigenvalue weighted by Crippen LogP contribution is 2.35. The molecule has 2 aromatic heterocycles. The van der Waals surface area contributed by atoms with Crippen molar-refractivity contribution in [2.24, 2.45) is 0 Å². The molecule has 44 heavy (non-hydrogen) atoms. The Bertz CT molecular complexity index is 1600. The molecule has 0 saturated heterocycles. The van der Waals surface area contributed by atoms with Crippen molar-refractivity contribution >= 4 is 5.88 Å². The maximum atomic E-state index is 6.90. The Hall–Kier alpha value is -4.43. The summed E-state index contributed by atoms with van der Waals surface area (Å²) in [6.45, 7) is 8.64. The summed E-state index contributed by atoms with van der Waals surface area (Å²) in [5.41, 5.74) is 5.44. The fourth-order valence-electron chi connectivity index (χ4n) is 6.05. The molecule has 6 rings (SSSR count). The Morgan fingerprint density at radius 3 is 2.34 bits per heavy atom. The third-order valence-corrected chi connectivity index (χ3v) is 8.19. The lowest BCUT2D eigenvalue weighted by Crippen LogP contribution is -2.30. The van der Waals surface area contributed by atoms with Crippen LogP contribution < -0.4 is 9.64 Å². The Kier molecular flexibility index (Phi) is 9.67. The van der Waals surface area contributed by atoms with E-state index in [0.717, 1.165) is 67.8 Å². The zero-order valence-electron chi connectivity index (χ0n) is 25.8. The van der Waals surface area contributed by atoms with Gasteiger partial charge in [0.15, 0.2) is 0 Å². The van der Waals surface area contributed by atoms with Gasteiger partial charge in [-0.25, -0.2) is 4.98 Å². The van der Waals surface area contributed by atoms with E-state index in [1.807, 2.05) is 17.7 Å². The maximum absolute atomic E-state index is 6.90. The van der Waals surface area contributed by atoms with Crippen molar-refractivity contribution in [1.82, 2.24) is 24.9 Å². The van der Waals surface area contributed by atoms with Crippen molar-refractivity contribution in [3.63, 3.8) is 0 Å². The molecule has 0 fully saturated rings. The molecule has 1 aliphatic heterocycles. The number of ether oxygens (including phenoxy) is 1. The van der Waals surface area contributed by atoms with Crippen LogP contribution in [0.25, 0.3) is 0 Å². The molecule has 8 nitrogen and oxygen atoms in total. The van der Waals surface area contributed by atoms with Crippen LogP contribution in [-0.2, 0) is 32.6 Å². The molecule has 0 aliphatic carbocycles. The van der Waals surface area contributed by atoms with Crippen molar-refractivity contribution in [3.8, 4) is 5.75 Å². The fraction of sp³-hybridized carbons (Fsp3) is 0.361. The SMILES string of the molecule is CCOc1ccccc1CN1CCCCn2cc(nn2)CN(Cc2ccccc2)c2oc(nc2Cc2ccccc2)C1CC. The predicted molar refractivity (Wildman–Crippen MR) is 172 cm³/mol. The van der Waals surface area contributed by atoms with Gasteiger partial charge in [-0.3, -0.25) is 9.58 Å². The summed E-state index contributed by atoms with van der Waals surface area (Å²) in [4.78, 5) is 10.1. The molecule has 0 N–H and O–H groups in total. The number of aromatic nitrogens is 4. The van der Waals surface area contributed by atoms with E-state index in [9.17, 15) is 0 Å². The molecule has 1 aliphatic rings. The average molecular weight is 591 g/mol. The van der Waals surface area contributed by atoms with E-state index in [1.54, 1.807) is 0 Å². The van der Waals surface area contributed by atoms with Gasteiger partial charge in [0.1, 0.15) is 17.1 Å². The third-order valence-electron chi connectivity index (χ3n) is 8.19. The molecule has 4 bridgehead atoms. The van der Waals surface area contributed by atoms with Crippen molar-refractivity contribution in [3.05, 3.63) is 125 Å². The lowest BCUT2D eigenvalue weighted by atomic mass is 10.1. The lowest BCUT2D eigenvalue weighted by molar-refractivity contribution is 0.150. The number of benzene rings is 3. The first-order chi connectivity index (χ1) is 21.7. The molecule has 0 amide bonds. The Morgan fingerprint density at radius 1 is 0.841 bits per heavy atom. The second-order valence-corrected chi connectivity index (χ2v) is 11.4. The van der Waals surface area contributed by atoms with Crippen molar-refractivity contribution in [2.75, 3.05) is 18.1 Å². The Labute approximate surface area is 260 Å². The maximum Gasteiger partial charge on any atom is 0.220 e. The molecule has 3 heterocycles. The summed E-state index contributed by atoms with van der Waals surface area (Å²) in [5, 5.41) is 9.02. The van der Waals surface area contributed by atoms with Crippen LogP contribution in [-0.4, -0.2) is 38.0 Å². The number of anilines is 1. The zero-order chi connectivity index (χ0) is 30.1. The van der Waals surface area contributed by atoms with E-state index >= 15 is 0 Å². The van der Waals surface area contributed by atoms with Gasteiger partial charge in [0.2, 0.25) is 11.8 Å². The monoisotopic (exact) mass is 590 g/mol. The molecule has 5 aromatic rings. The van der Waals surface area contributed by atoms with Gasteiger partial charge in [0.05, 0.1) is 25.4 Å². The molecule has 8 heteroatoms. The molecule has 1 atom stereocenters. The van der Waals surface area contributed by atoms with E-state index in [0.29, 0.717) is 26.1 Å². The van der Waals surface area contributed by atoms with Gasteiger partial charge in [-0.15, -0.1) is 5.10 Å². The van der Waals surface area contributed by atoms with Gasteiger partial charge in [0.25, 0.3) is 0 Å². The molecule has 0 radical (unpaired) electrons. The van der Waals surface area contributed by atoms with Crippen molar-refractivity contribution < 1.29 is 9.15 Å². The predicted octanol–water partition coefficient (Wildman–Crippen LogP) is 7.21. The van der Waals surface area contributed by atoms with E-state index in [-0.39, 0.29) is 6.04 Å². The largest absolute Gasteiger partial charge is 0.494 e. The second kappa shape index (κ2) is 14.4. The van der Waals surface area contributed by atoms with Crippen LogP contribution in [0.1, 0.15) is 73.1 Å². The summed E-state index contributed by atoms with van der Waals surface area (Å²) in [6, 6.07) is 29.4. The van der Waals surface area contributed by atoms with Crippen LogP contribution in [0.3, 0.4) is 0 Å². The topological polar surface area (TPSA) is 72.5 Å². The van der Waals surface area contributed by atoms with Gasteiger partial charge in [-0.05, 0) is 49.9 Å². The zero-order valence-corrected chi connectivity index (χ0v) is 25.8. The molecule has 0 spiro atoms. The number of hydrogen-bond donors (Lipinski definition) is 0. The number of fused-ring (bicyclic) bond motifs is 4. The fourth-order valence-corrected chi connectivity index (χ4v) is 6.05. The highest BCUT2D eigenvalue weighted by molar-refractivity contribution is 5.45. The molecule has 228 valence electrons. The quantitative estimate of drug-likeness (QED) is 0.180. The number of para-hydroxylation sites is 1. The van der Waals surface area contributed by atoms with Crippen LogP contribution >= 0.6 is 0 Å². The van der Waals surface area contributed by atoms with E-state index in [2.05, 4.69) is 112 Å². The number of rotatable bonds is 9. The van der Waals surface area contributed by atoms with Crippen molar-refractivity contribution in [1.29, 1.82) is 0 Å². The number of nitrogens with zero attached hydrogens (tertiary/aromatic N) is 6. The Morgan fingerprint density at radius 2 is 1.57 bits per heavy atom. The summed E-state index contributed by atoms with van der Waals surface area (Å²) < 4.78 is 14.9. The molecule has 1 unspecified atom stereocenters. The number of oxazole rings is 1. The minimum atomic E-state index is 0.0140. The number of hydrogen-bond acceptors (Lipinski definition) is 7. The molecule has 0 saturated carbocycles. The van der Waals surface area contributed by atoms with Crippen LogP contribution in [0.4, 0.5) is 5.88 Å². The average Bonchev–Trinajstić information content (AvgIpc) is 3.67. The van der Waals surface area contributed by atoms with Crippen LogP contribution in [0, 0.1) is 0 Å². The molecular formula is C36H42N6O2. The summed E-state index contributed by atoms with van der Waals surface area (Å²) >= 11 is 0. The van der Waals surface area contributed by atoms with Crippen LogP contribution in [0.15, 0.2) is 95.5 Å². The van der Waals surface area contributed by atoms with E-state index in [4.69, 9.17) is 14.1 Å². The van der Waals surface area contributed by atoms with Gasteiger partial charge in [-0.2, -0.15) is 0 Å². The first kappa shape index (κ1) is 29.6. The van der Waals surface area contributed by atoms with Gasteiger partial charge in [0, 0.05) is 31.6 Å². The summed E-state index contributed by atoms with van der Waals surface area (Å²) in [7, 11) is 0. The number of aryl methyl sites for hydroxylation is 1. The first-order valence-corrected chi connectivity index (χ1v) is 15.9. The molecular weight excluding hydrogens is 548 g/mol. The smallest absolute Gasteiger partial charge is 0.220 e. The van der Waals surface area contributed by atoms with Crippen molar-refractivity contribution in [2.45, 2.75) is 71.8 Å².